The predicted octanol–water partition coefficient (Wildman–Crippen LogP) is 1.01. The molecule has 2 fully saturated rings. The Morgan fingerprint density at radius 3 is 2.72 bits per heavy atom. The summed E-state index contributed by atoms with van der Waals surface area (Å²) in [5.41, 5.74) is 7.14. The molecule has 4 N–H and O–H groups in total. The van der Waals surface area contributed by atoms with Crippen LogP contribution in [0.1, 0.15) is 50.1 Å². The summed E-state index contributed by atoms with van der Waals surface area (Å²) < 4.78 is 7.81. The first-order valence-corrected chi connectivity index (χ1v) is 9.24. The van der Waals surface area contributed by atoms with Crippen LogP contribution in [0.2, 0.25) is 0 Å². The van der Waals surface area contributed by atoms with E-state index in [4.69, 9.17) is 15.5 Å². The smallest absolute Gasteiger partial charge is 0.167 e. The van der Waals surface area contributed by atoms with Crippen molar-refractivity contribution in [2.75, 3.05) is 12.3 Å². The number of hydrogen-bond acceptors (Lipinski definition) is 8. The number of nitrogens with two attached hydrogens (primary N) is 1. The summed E-state index contributed by atoms with van der Waals surface area (Å²) in [7, 11) is 0. The number of aliphatic hydroxyl groups excluding tert-OH is 2. The maximum absolute atomic E-state index is 10.3. The molecule has 4 atom stereocenters. The number of rotatable bonds is 3. The van der Waals surface area contributed by atoms with E-state index in [0.717, 1.165) is 31.5 Å². The van der Waals surface area contributed by atoms with Crippen molar-refractivity contribution in [2.45, 2.75) is 61.7 Å². The molecule has 8 nitrogen and oxygen atoms in total. The third-order valence-corrected chi connectivity index (χ3v) is 5.84. The first-order valence-electron chi connectivity index (χ1n) is 8.72. The number of imidazole rings is 1. The predicted molar refractivity (Wildman–Crippen MR) is 95.3 cm³/mol. The second kappa shape index (κ2) is 6.71. The number of fused-ring (bicyclic) bond motifs is 1. The van der Waals surface area contributed by atoms with Crippen LogP contribution in [-0.4, -0.2) is 53.8 Å². The summed E-state index contributed by atoms with van der Waals surface area (Å²) in [5, 5.41) is 19.3. The number of hydrogen-bond donors (Lipinski definition) is 4. The van der Waals surface area contributed by atoms with E-state index in [0.29, 0.717) is 17.0 Å². The van der Waals surface area contributed by atoms with E-state index in [1.165, 1.54) is 12.7 Å². The molecular weight excluding hydrogens is 342 g/mol. The van der Waals surface area contributed by atoms with Crippen LogP contribution in [0.25, 0.3) is 11.2 Å². The quantitative estimate of drug-likeness (QED) is 0.599. The Morgan fingerprint density at radius 1 is 1.28 bits per heavy atom. The molecule has 25 heavy (non-hydrogen) atoms. The maximum atomic E-state index is 10.3. The van der Waals surface area contributed by atoms with Crippen LogP contribution in [-0.2, 0) is 4.74 Å². The molecule has 0 unspecified atom stereocenters. The second-order valence-corrected chi connectivity index (χ2v) is 7.43. The Hall–Kier alpha value is -1.42. The summed E-state index contributed by atoms with van der Waals surface area (Å²) in [6.07, 6.45) is 4.95. The summed E-state index contributed by atoms with van der Waals surface area (Å²) in [6, 6.07) is 0. The Balaban J connectivity index is 1.84. The number of aliphatic hydroxyl groups is 2. The summed E-state index contributed by atoms with van der Waals surface area (Å²) in [4.78, 5) is 13.1. The van der Waals surface area contributed by atoms with Gasteiger partial charge in [0.25, 0.3) is 0 Å². The first kappa shape index (κ1) is 17.0. The average Bonchev–Trinajstić information content (AvgIpc) is 3.15. The number of anilines is 1. The van der Waals surface area contributed by atoms with E-state index in [9.17, 15) is 10.2 Å². The lowest BCUT2D eigenvalue weighted by Crippen LogP contribution is -2.30. The fraction of sp³-hybridized carbons (Fsp3) is 0.688. The van der Waals surface area contributed by atoms with Gasteiger partial charge in [0.2, 0.25) is 0 Å². The molecule has 0 bridgehead atoms. The third kappa shape index (κ3) is 2.79. The van der Waals surface area contributed by atoms with Gasteiger partial charge in [0.05, 0.1) is 18.0 Å². The number of aromatic nitrogens is 4. The summed E-state index contributed by atoms with van der Waals surface area (Å²) >= 11 is 4.54. The lowest BCUT2D eigenvalue weighted by molar-refractivity contribution is -0.0442. The molecule has 2 aliphatic rings. The molecule has 3 heterocycles. The highest BCUT2D eigenvalue weighted by molar-refractivity contribution is 7.81. The van der Waals surface area contributed by atoms with Crippen molar-refractivity contribution in [1.82, 2.24) is 19.5 Å². The van der Waals surface area contributed by atoms with Crippen molar-refractivity contribution < 1.29 is 14.9 Å². The van der Waals surface area contributed by atoms with Crippen LogP contribution >= 0.6 is 12.6 Å². The highest BCUT2D eigenvalue weighted by atomic mass is 32.1. The lowest BCUT2D eigenvalue weighted by atomic mass is 9.88. The van der Waals surface area contributed by atoms with Crippen LogP contribution in [0, 0.1) is 0 Å². The Bertz CT molecular complexity index is 764. The normalized spacial score (nSPS) is 31.0. The molecule has 0 spiro atoms. The van der Waals surface area contributed by atoms with Gasteiger partial charge in [-0.25, -0.2) is 15.0 Å². The van der Waals surface area contributed by atoms with Crippen LogP contribution in [0.3, 0.4) is 0 Å². The molecule has 1 saturated carbocycles. The zero-order chi connectivity index (χ0) is 17.6. The van der Waals surface area contributed by atoms with Gasteiger partial charge in [-0.2, -0.15) is 12.6 Å². The van der Waals surface area contributed by atoms with Crippen LogP contribution < -0.4 is 5.73 Å². The van der Waals surface area contributed by atoms with Gasteiger partial charge in [0, 0.05) is 5.92 Å². The fourth-order valence-corrected chi connectivity index (χ4v) is 4.33. The van der Waals surface area contributed by atoms with Gasteiger partial charge in [-0.15, -0.1) is 0 Å². The minimum absolute atomic E-state index is 0.267. The van der Waals surface area contributed by atoms with Gasteiger partial charge >= 0.3 is 0 Å². The number of nitrogens with zero attached hydrogens (tertiary/aromatic N) is 4. The van der Waals surface area contributed by atoms with Crippen LogP contribution in [0.5, 0.6) is 0 Å². The summed E-state index contributed by atoms with van der Waals surface area (Å²) in [5.74, 6) is 1.47. The average molecular weight is 365 g/mol. The molecule has 0 radical (unpaired) electrons. The van der Waals surface area contributed by atoms with Crippen LogP contribution in [0.4, 0.5) is 5.82 Å². The second-order valence-electron chi connectivity index (χ2n) is 6.83. The fourth-order valence-electron chi connectivity index (χ4n) is 3.94. The minimum Gasteiger partial charge on any atom is -0.394 e. The molecule has 4 rings (SSSR count). The standard InChI is InChI=1S/C16H23N5O3S/c17-13-10-15(19-7-18-13)21(14(20-10)8-4-2-1-3-5-8)16-12(25)11(23)9(6-22)24-16/h7-9,11-12,16,22-23,25H,1-6H2,(H2,17,18,19)/t9-,11-,12-,16-/m1/s1. The molecule has 1 aliphatic carbocycles. The summed E-state index contributed by atoms with van der Waals surface area (Å²) in [6.45, 7) is -0.267. The van der Waals surface area contributed by atoms with E-state index in [-0.39, 0.29) is 12.5 Å². The highest BCUT2D eigenvalue weighted by Crippen LogP contribution is 2.40. The molecular formula is C16H23N5O3S. The zero-order valence-electron chi connectivity index (χ0n) is 13.8. The Kier molecular flexibility index (Phi) is 4.57. The van der Waals surface area contributed by atoms with Crippen molar-refractivity contribution in [1.29, 1.82) is 0 Å². The maximum Gasteiger partial charge on any atom is 0.167 e. The van der Waals surface area contributed by atoms with Crippen molar-refractivity contribution >= 4 is 29.6 Å². The van der Waals surface area contributed by atoms with E-state index < -0.39 is 23.7 Å². The van der Waals surface area contributed by atoms with Crippen molar-refractivity contribution in [3.8, 4) is 0 Å². The van der Waals surface area contributed by atoms with Gasteiger partial charge in [-0.05, 0) is 12.8 Å². The number of thiol groups is 1. The molecule has 0 amide bonds. The molecule has 1 aliphatic heterocycles. The van der Waals surface area contributed by atoms with E-state index >= 15 is 0 Å². The molecule has 2 aromatic heterocycles. The topological polar surface area (TPSA) is 119 Å². The van der Waals surface area contributed by atoms with Gasteiger partial charge in [0.1, 0.15) is 18.3 Å². The van der Waals surface area contributed by atoms with Gasteiger partial charge in [-0.1, -0.05) is 19.3 Å². The largest absolute Gasteiger partial charge is 0.394 e. The van der Waals surface area contributed by atoms with Crippen molar-refractivity contribution in [2.24, 2.45) is 0 Å². The Labute approximate surface area is 150 Å². The molecule has 136 valence electrons. The highest BCUT2D eigenvalue weighted by Gasteiger charge is 2.44. The number of nitrogen functional groups attached to an aromatic ring is 1. The van der Waals surface area contributed by atoms with Crippen molar-refractivity contribution in [3.05, 3.63) is 12.2 Å². The molecule has 1 saturated heterocycles. The molecule has 0 aromatic carbocycles. The van der Waals surface area contributed by atoms with Gasteiger partial charge < -0.3 is 20.7 Å². The van der Waals surface area contributed by atoms with Crippen LogP contribution in [0.15, 0.2) is 6.33 Å². The van der Waals surface area contributed by atoms with Gasteiger partial charge in [-0.3, -0.25) is 4.57 Å². The minimum atomic E-state index is -0.867. The zero-order valence-corrected chi connectivity index (χ0v) is 14.7. The third-order valence-electron chi connectivity index (χ3n) is 5.27. The van der Waals surface area contributed by atoms with Gasteiger partial charge in [0.15, 0.2) is 23.2 Å². The van der Waals surface area contributed by atoms with Crippen molar-refractivity contribution in [3.63, 3.8) is 0 Å². The molecule has 9 heteroatoms. The molecule has 2 aromatic rings. The number of ether oxygens (including phenoxy) is 1. The van der Waals surface area contributed by atoms with E-state index in [2.05, 4.69) is 22.6 Å². The lowest BCUT2D eigenvalue weighted by Gasteiger charge is -2.25. The monoisotopic (exact) mass is 365 g/mol. The van der Waals surface area contributed by atoms with E-state index in [1.807, 2.05) is 4.57 Å². The van der Waals surface area contributed by atoms with E-state index in [1.54, 1.807) is 0 Å². The Morgan fingerprint density at radius 2 is 2.04 bits per heavy atom. The first-order chi connectivity index (χ1) is 12.1. The SMILES string of the molecule is Nc1ncnc2c1nc(C1CCCCC1)n2[C@@H]1O[C@H](CO)[C@@H](O)[C@H]1S.